The summed E-state index contributed by atoms with van der Waals surface area (Å²) in [4.78, 5) is 21.4. The first-order valence-electron chi connectivity index (χ1n) is 5.89. The summed E-state index contributed by atoms with van der Waals surface area (Å²) in [6, 6.07) is 5.17. The number of halogens is 1. The molecule has 3 rings (SSSR count). The van der Waals surface area contributed by atoms with E-state index in [4.69, 9.17) is 11.6 Å². The number of piperazine rings is 1. The predicted octanol–water partition coefficient (Wildman–Crippen LogP) is 0.986. The van der Waals surface area contributed by atoms with Gasteiger partial charge in [0.1, 0.15) is 0 Å². The van der Waals surface area contributed by atoms with Crippen molar-refractivity contribution in [3.05, 3.63) is 33.6 Å². The number of nitrogens with one attached hydrogen (secondary N) is 2. The number of anilines is 1. The van der Waals surface area contributed by atoms with Gasteiger partial charge >= 0.3 is 0 Å². The second-order valence-corrected chi connectivity index (χ2v) is 4.72. The molecule has 0 spiro atoms. The first-order chi connectivity index (χ1) is 8.74. The van der Waals surface area contributed by atoms with E-state index in [0.717, 1.165) is 26.2 Å². The highest BCUT2D eigenvalue weighted by Crippen LogP contribution is 2.16. The Morgan fingerprint density at radius 2 is 2.06 bits per heavy atom. The highest BCUT2D eigenvalue weighted by Gasteiger charge is 2.14. The van der Waals surface area contributed by atoms with E-state index in [0.29, 0.717) is 21.9 Å². The van der Waals surface area contributed by atoms with Crippen molar-refractivity contribution in [3.8, 4) is 0 Å². The number of hydrogen-bond acceptors (Lipinski definition) is 4. The summed E-state index contributed by atoms with van der Waals surface area (Å²) < 4.78 is 0. The maximum atomic E-state index is 12.0. The number of hydrogen-bond donors (Lipinski definition) is 2. The third-order valence-corrected chi connectivity index (χ3v) is 3.31. The van der Waals surface area contributed by atoms with Crippen molar-refractivity contribution >= 4 is 28.5 Å². The van der Waals surface area contributed by atoms with E-state index in [9.17, 15) is 4.79 Å². The Balaban J connectivity index is 2.09. The van der Waals surface area contributed by atoms with Crippen LogP contribution in [-0.4, -0.2) is 36.1 Å². The molecule has 0 bridgehead atoms. The Labute approximate surface area is 109 Å². The number of rotatable bonds is 1. The number of H-pyrrole nitrogens is 1. The molecule has 1 aromatic carbocycles. The second-order valence-electron chi connectivity index (χ2n) is 4.29. The maximum absolute atomic E-state index is 12.0. The Kier molecular flexibility index (Phi) is 2.93. The van der Waals surface area contributed by atoms with Crippen LogP contribution in [0.1, 0.15) is 0 Å². The van der Waals surface area contributed by atoms with Crippen molar-refractivity contribution in [2.75, 3.05) is 31.1 Å². The van der Waals surface area contributed by atoms with E-state index in [1.165, 1.54) is 0 Å². The molecular weight excluding hydrogens is 252 g/mol. The van der Waals surface area contributed by atoms with Crippen LogP contribution in [0.2, 0.25) is 5.02 Å². The van der Waals surface area contributed by atoms with Gasteiger partial charge < -0.3 is 10.2 Å². The van der Waals surface area contributed by atoms with E-state index in [-0.39, 0.29) is 5.56 Å². The van der Waals surface area contributed by atoms with Gasteiger partial charge in [0.25, 0.3) is 5.56 Å². The molecule has 2 heterocycles. The maximum Gasteiger partial charge on any atom is 0.260 e. The third-order valence-electron chi connectivity index (χ3n) is 3.07. The minimum Gasteiger partial charge on any atom is -0.340 e. The standard InChI is InChI=1S/C12H13ClN4O/c13-8-1-2-10-9(7-8)11(18)16-12(15-10)17-5-3-14-4-6-17/h1-2,7,14H,3-6H2,(H,15,16,18). The molecule has 0 amide bonds. The zero-order valence-corrected chi connectivity index (χ0v) is 10.5. The fourth-order valence-corrected chi connectivity index (χ4v) is 2.30. The summed E-state index contributed by atoms with van der Waals surface area (Å²) in [5, 5.41) is 4.34. The van der Waals surface area contributed by atoms with Crippen LogP contribution >= 0.6 is 11.6 Å². The Bertz CT molecular complexity index is 634. The summed E-state index contributed by atoms with van der Waals surface area (Å²) in [5.41, 5.74) is 0.535. The molecule has 2 aromatic rings. The van der Waals surface area contributed by atoms with E-state index < -0.39 is 0 Å². The topological polar surface area (TPSA) is 61.0 Å². The first-order valence-corrected chi connectivity index (χ1v) is 6.27. The SMILES string of the molecule is O=c1[nH]c(N2CCNCC2)nc2ccc(Cl)cc12. The largest absolute Gasteiger partial charge is 0.340 e. The quantitative estimate of drug-likeness (QED) is 0.806. The monoisotopic (exact) mass is 264 g/mol. The number of aromatic nitrogens is 2. The summed E-state index contributed by atoms with van der Waals surface area (Å²) in [7, 11) is 0. The van der Waals surface area contributed by atoms with Crippen LogP contribution in [0.25, 0.3) is 10.9 Å². The molecule has 5 nitrogen and oxygen atoms in total. The van der Waals surface area contributed by atoms with Gasteiger partial charge in [0.05, 0.1) is 10.9 Å². The van der Waals surface area contributed by atoms with Gasteiger partial charge in [-0.3, -0.25) is 9.78 Å². The molecule has 2 N–H and O–H groups in total. The summed E-state index contributed by atoms with van der Waals surface area (Å²) in [6.07, 6.45) is 0. The van der Waals surface area contributed by atoms with Crippen LogP contribution < -0.4 is 15.8 Å². The summed E-state index contributed by atoms with van der Waals surface area (Å²) in [5.74, 6) is 0.635. The fourth-order valence-electron chi connectivity index (χ4n) is 2.12. The van der Waals surface area contributed by atoms with Crippen molar-refractivity contribution in [1.29, 1.82) is 0 Å². The highest BCUT2D eigenvalue weighted by molar-refractivity contribution is 6.31. The van der Waals surface area contributed by atoms with Gasteiger partial charge in [0, 0.05) is 31.2 Å². The van der Waals surface area contributed by atoms with E-state index in [2.05, 4.69) is 20.2 Å². The average Bonchev–Trinajstić information content (AvgIpc) is 2.40. The lowest BCUT2D eigenvalue weighted by atomic mass is 10.2. The minimum atomic E-state index is -0.143. The average molecular weight is 265 g/mol. The van der Waals surface area contributed by atoms with Gasteiger partial charge in [0.15, 0.2) is 0 Å². The molecule has 18 heavy (non-hydrogen) atoms. The molecule has 0 saturated carbocycles. The second kappa shape index (κ2) is 4.59. The smallest absolute Gasteiger partial charge is 0.260 e. The lowest BCUT2D eigenvalue weighted by Crippen LogP contribution is -2.44. The van der Waals surface area contributed by atoms with Crippen LogP contribution in [0.3, 0.4) is 0 Å². The van der Waals surface area contributed by atoms with E-state index in [1.54, 1.807) is 18.2 Å². The molecule has 1 aromatic heterocycles. The Morgan fingerprint density at radius 1 is 1.28 bits per heavy atom. The van der Waals surface area contributed by atoms with Crippen LogP contribution in [0.15, 0.2) is 23.0 Å². The number of benzene rings is 1. The van der Waals surface area contributed by atoms with Gasteiger partial charge in [-0.15, -0.1) is 0 Å². The molecule has 94 valence electrons. The Hall–Kier alpha value is -1.59. The van der Waals surface area contributed by atoms with Crippen LogP contribution in [-0.2, 0) is 0 Å². The zero-order valence-electron chi connectivity index (χ0n) is 9.74. The van der Waals surface area contributed by atoms with Crippen molar-refractivity contribution in [3.63, 3.8) is 0 Å². The van der Waals surface area contributed by atoms with Crippen molar-refractivity contribution in [2.24, 2.45) is 0 Å². The third kappa shape index (κ3) is 2.07. The van der Waals surface area contributed by atoms with Gasteiger partial charge in [0.2, 0.25) is 5.95 Å². The normalized spacial score (nSPS) is 16.2. The number of aromatic amines is 1. The van der Waals surface area contributed by atoms with Gasteiger partial charge in [-0.2, -0.15) is 0 Å². The lowest BCUT2D eigenvalue weighted by molar-refractivity contribution is 0.580. The predicted molar refractivity (Wildman–Crippen MR) is 72.5 cm³/mol. The molecule has 0 unspecified atom stereocenters. The Morgan fingerprint density at radius 3 is 2.83 bits per heavy atom. The van der Waals surface area contributed by atoms with Crippen molar-refractivity contribution in [2.45, 2.75) is 0 Å². The number of fused-ring (bicyclic) bond motifs is 1. The molecule has 1 aliphatic heterocycles. The van der Waals surface area contributed by atoms with Crippen LogP contribution in [0, 0.1) is 0 Å². The summed E-state index contributed by atoms with van der Waals surface area (Å²) >= 11 is 5.88. The van der Waals surface area contributed by atoms with Crippen LogP contribution in [0.4, 0.5) is 5.95 Å². The van der Waals surface area contributed by atoms with E-state index >= 15 is 0 Å². The molecule has 0 atom stereocenters. The number of nitrogens with zero attached hydrogens (tertiary/aromatic N) is 2. The van der Waals surface area contributed by atoms with Gasteiger partial charge in [-0.25, -0.2) is 4.98 Å². The highest BCUT2D eigenvalue weighted by atomic mass is 35.5. The molecular formula is C12H13ClN4O. The van der Waals surface area contributed by atoms with Crippen molar-refractivity contribution < 1.29 is 0 Å². The minimum absolute atomic E-state index is 0.143. The molecule has 0 radical (unpaired) electrons. The van der Waals surface area contributed by atoms with Crippen molar-refractivity contribution in [1.82, 2.24) is 15.3 Å². The molecule has 1 fully saturated rings. The molecule has 0 aliphatic carbocycles. The van der Waals surface area contributed by atoms with E-state index in [1.807, 2.05) is 0 Å². The van der Waals surface area contributed by atoms with Crippen LogP contribution in [0.5, 0.6) is 0 Å². The van der Waals surface area contributed by atoms with Gasteiger partial charge in [-0.05, 0) is 18.2 Å². The van der Waals surface area contributed by atoms with Gasteiger partial charge in [-0.1, -0.05) is 11.6 Å². The zero-order chi connectivity index (χ0) is 12.5. The lowest BCUT2D eigenvalue weighted by Gasteiger charge is -2.27. The fraction of sp³-hybridized carbons (Fsp3) is 0.333. The molecule has 6 heteroatoms. The molecule has 1 aliphatic rings. The first kappa shape index (κ1) is 11.5. The summed E-state index contributed by atoms with van der Waals surface area (Å²) in [6.45, 7) is 3.51. The molecule has 1 saturated heterocycles.